The third kappa shape index (κ3) is 3.57. The molecule has 0 bridgehead atoms. The minimum atomic E-state index is -6.07. The first-order valence-corrected chi connectivity index (χ1v) is 3.05. The van der Waals surface area contributed by atoms with E-state index in [-0.39, 0.29) is 0 Å². The monoisotopic (exact) mass is 234 g/mol. The summed E-state index contributed by atoms with van der Waals surface area (Å²) in [5.41, 5.74) is 0. The van der Waals surface area contributed by atoms with E-state index in [1.54, 1.807) is 0 Å². The molecule has 0 heterocycles. The fraction of sp³-hybridized carbons (Fsp3) is 1.00. The van der Waals surface area contributed by atoms with Crippen molar-refractivity contribution in [2.45, 2.75) is 17.6 Å². The Kier molecular flexibility index (Phi) is 3.12. The van der Waals surface area contributed by atoms with Crippen molar-refractivity contribution in [2.75, 3.05) is 0 Å². The van der Waals surface area contributed by atoms with E-state index in [4.69, 9.17) is 0 Å². The van der Waals surface area contributed by atoms with Crippen LogP contribution in [0.25, 0.3) is 0 Å². The zero-order valence-electron chi connectivity index (χ0n) is 5.55. The molecule has 0 fully saturated rings. The molecular formula is C4H2F8S. The van der Waals surface area contributed by atoms with Crippen molar-refractivity contribution < 1.29 is 35.1 Å². The molecule has 0 rings (SSSR count). The first kappa shape index (κ1) is 12.8. The lowest BCUT2D eigenvalue weighted by atomic mass is 10.1. The Morgan fingerprint density at radius 1 is 0.692 bits per heavy atom. The molecule has 0 aliphatic rings. The molecule has 0 saturated heterocycles. The van der Waals surface area contributed by atoms with Crippen LogP contribution in [0.3, 0.4) is 0 Å². The molecule has 0 aromatic carbocycles. The van der Waals surface area contributed by atoms with Gasteiger partial charge in [-0.25, -0.2) is 0 Å². The summed E-state index contributed by atoms with van der Waals surface area (Å²) in [7, 11) is 0. The molecule has 0 aromatic heterocycles. The Morgan fingerprint density at radius 2 is 0.923 bits per heavy atom. The topological polar surface area (TPSA) is 0 Å². The van der Waals surface area contributed by atoms with Gasteiger partial charge in [0.25, 0.3) is 0 Å². The summed E-state index contributed by atoms with van der Waals surface area (Å²) in [6, 6.07) is 0. The average Bonchev–Trinajstić information content (AvgIpc) is 1.44. The van der Waals surface area contributed by atoms with E-state index in [1.807, 2.05) is 12.6 Å². The van der Waals surface area contributed by atoms with E-state index in [9.17, 15) is 35.1 Å². The maximum atomic E-state index is 11.8. The third-order valence-corrected chi connectivity index (χ3v) is 1.26. The molecule has 0 saturated carbocycles. The number of halogens is 8. The van der Waals surface area contributed by atoms with Crippen LogP contribution in [0.4, 0.5) is 35.1 Å². The number of hydrogen-bond donors (Lipinski definition) is 1. The minimum Gasteiger partial charge on any atom is -0.193 e. The predicted molar refractivity (Wildman–Crippen MR) is 29.5 cm³/mol. The maximum Gasteiger partial charge on any atom is 0.407 e. The van der Waals surface area contributed by atoms with Gasteiger partial charge in [-0.1, -0.05) is 0 Å². The van der Waals surface area contributed by atoms with Crippen LogP contribution < -0.4 is 0 Å². The number of alkyl halides is 8. The summed E-state index contributed by atoms with van der Waals surface area (Å²) >= 11 is 1.96. The van der Waals surface area contributed by atoms with Crippen molar-refractivity contribution in [3.8, 4) is 0 Å². The quantitative estimate of drug-likeness (QED) is 0.522. The SMILES string of the molecule is FC(F)(F)C(C(F)(F)F)C(F)(F)S. The lowest BCUT2D eigenvalue weighted by molar-refractivity contribution is -0.318. The van der Waals surface area contributed by atoms with Crippen LogP contribution in [0.5, 0.6) is 0 Å². The molecule has 0 unspecified atom stereocenters. The largest absolute Gasteiger partial charge is 0.407 e. The second-order valence-corrected chi connectivity index (χ2v) is 2.70. The summed E-state index contributed by atoms with van der Waals surface area (Å²) in [4.78, 5) is 0. The molecule has 0 aliphatic carbocycles. The lowest BCUT2D eigenvalue weighted by Gasteiger charge is -2.26. The summed E-state index contributed by atoms with van der Waals surface area (Å²) in [6.07, 6.45) is -12.1. The summed E-state index contributed by atoms with van der Waals surface area (Å²) in [5, 5.41) is -5.17. The number of hydrogen-bond acceptors (Lipinski definition) is 1. The van der Waals surface area contributed by atoms with Crippen molar-refractivity contribution in [1.82, 2.24) is 0 Å². The van der Waals surface area contributed by atoms with Gasteiger partial charge in [-0.05, 0) is 0 Å². The molecular weight excluding hydrogens is 232 g/mol. The van der Waals surface area contributed by atoms with Gasteiger partial charge in [0.1, 0.15) is 0 Å². The molecule has 13 heavy (non-hydrogen) atoms. The van der Waals surface area contributed by atoms with Crippen molar-refractivity contribution in [2.24, 2.45) is 5.92 Å². The molecule has 0 spiro atoms. The third-order valence-electron chi connectivity index (χ3n) is 1.00. The normalized spacial score (nSPS) is 15.2. The average molecular weight is 234 g/mol. The predicted octanol–water partition coefficient (Wildman–Crippen LogP) is 3.25. The molecule has 80 valence electrons. The summed E-state index contributed by atoms with van der Waals surface area (Å²) in [5.74, 6) is -4.74. The van der Waals surface area contributed by atoms with Crippen LogP contribution in [0.15, 0.2) is 0 Å². The Labute approximate surface area is 72.3 Å². The molecule has 0 aliphatic heterocycles. The van der Waals surface area contributed by atoms with Crippen molar-refractivity contribution in [1.29, 1.82) is 0 Å². The van der Waals surface area contributed by atoms with Gasteiger partial charge in [-0.15, -0.1) is 12.6 Å². The van der Waals surface area contributed by atoms with Crippen molar-refractivity contribution in [3.63, 3.8) is 0 Å². The Morgan fingerprint density at radius 3 is 0.923 bits per heavy atom. The van der Waals surface area contributed by atoms with Crippen molar-refractivity contribution >= 4 is 12.6 Å². The fourth-order valence-corrected chi connectivity index (χ4v) is 0.872. The highest BCUT2D eigenvalue weighted by molar-refractivity contribution is 7.81. The van der Waals surface area contributed by atoms with Gasteiger partial charge < -0.3 is 0 Å². The van der Waals surface area contributed by atoms with Crippen LogP contribution in [0, 0.1) is 5.92 Å². The van der Waals surface area contributed by atoms with Crippen LogP contribution in [-0.2, 0) is 0 Å². The maximum absolute atomic E-state index is 11.8. The van der Waals surface area contributed by atoms with E-state index >= 15 is 0 Å². The Bertz CT molecular complexity index is 139. The summed E-state index contributed by atoms with van der Waals surface area (Å²) < 4.78 is 92.4. The summed E-state index contributed by atoms with van der Waals surface area (Å²) in [6.45, 7) is 0. The highest BCUT2D eigenvalue weighted by Crippen LogP contribution is 2.49. The lowest BCUT2D eigenvalue weighted by Crippen LogP contribution is -2.46. The zero-order valence-corrected chi connectivity index (χ0v) is 6.44. The van der Waals surface area contributed by atoms with Crippen LogP contribution in [-0.4, -0.2) is 17.6 Å². The highest BCUT2D eigenvalue weighted by Gasteiger charge is 2.67. The second kappa shape index (κ2) is 3.18. The molecule has 0 radical (unpaired) electrons. The number of rotatable bonds is 1. The standard InChI is InChI=1S/C4H2F8S/c5-2(6,7)1(3(8,9)10)4(11,12)13/h1,13H. The molecule has 0 aromatic rings. The van der Waals surface area contributed by atoms with Gasteiger partial charge in [0.05, 0.1) is 0 Å². The molecule has 0 nitrogen and oxygen atoms in total. The van der Waals surface area contributed by atoms with Gasteiger partial charge in [0, 0.05) is 0 Å². The van der Waals surface area contributed by atoms with Gasteiger partial charge in [-0.3, -0.25) is 0 Å². The zero-order chi connectivity index (χ0) is 11.1. The second-order valence-electron chi connectivity index (χ2n) is 2.10. The van der Waals surface area contributed by atoms with E-state index in [2.05, 4.69) is 0 Å². The van der Waals surface area contributed by atoms with E-state index in [0.717, 1.165) is 0 Å². The first-order chi connectivity index (χ1) is 5.37. The first-order valence-electron chi connectivity index (χ1n) is 2.60. The Balaban J connectivity index is 5.02. The minimum absolute atomic E-state index is 1.96. The number of thiol groups is 1. The molecule has 0 amide bonds. The van der Waals surface area contributed by atoms with Gasteiger partial charge in [0.2, 0.25) is 5.92 Å². The van der Waals surface area contributed by atoms with E-state index < -0.39 is 23.5 Å². The molecule has 0 atom stereocenters. The Hall–Kier alpha value is -0.210. The molecule has 0 N–H and O–H groups in total. The fourth-order valence-electron chi connectivity index (χ4n) is 0.579. The van der Waals surface area contributed by atoms with E-state index in [0.29, 0.717) is 0 Å². The smallest absolute Gasteiger partial charge is 0.193 e. The molecule has 9 heteroatoms. The van der Waals surface area contributed by atoms with E-state index in [1.165, 1.54) is 0 Å². The van der Waals surface area contributed by atoms with Gasteiger partial charge in [-0.2, -0.15) is 35.1 Å². The van der Waals surface area contributed by atoms with Gasteiger partial charge in [0.15, 0.2) is 0 Å². The van der Waals surface area contributed by atoms with Gasteiger partial charge >= 0.3 is 17.6 Å². The van der Waals surface area contributed by atoms with Crippen LogP contribution in [0.2, 0.25) is 0 Å². The van der Waals surface area contributed by atoms with Crippen LogP contribution in [0.1, 0.15) is 0 Å². The van der Waals surface area contributed by atoms with Crippen LogP contribution >= 0.6 is 12.6 Å². The van der Waals surface area contributed by atoms with Crippen molar-refractivity contribution in [3.05, 3.63) is 0 Å². The highest BCUT2D eigenvalue weighted by atomic mass is 32.1.